The topological polar surface area (TPSA) is 47.3 Å². The van der Waals surface area contributed by atoms with Crippen LogP contribution < -0.4 is 4.74 Å². The van der Waals surface area contributed by atoms with E-state index in [4.69, 9.17) is 16.3 Å². The van der Waals surface area contributed by atoms with Crippen LogP contribution in [0.5, 0.6) is 5.75 Å². The van der Waals surface area contributed by atoms with Crippen LogP contribution in [0.25, 0.3) is 0 Å². The minimum atomic E-state index is -0.891. The summed E-state index contributed by atoms with van der Waals surface area (Å²) in [5.41, 5.74) is 1.17. The predicted molar refractivity (Wildman–Crippen MR) is 73.0 cm³/mol. The van der Waals surface area contributed by atoms with E-state index in [2.05, 4.69) is 21.0 Å². The Balaban J connectivity index is 2.50. The molecule has 2 aromatic rings. The number of aromatic nitrogens is 2. The van der Waals surface area contributed by atoms with E-state index in [1.54, 1.807) is 30.1 Å². The SMILES string of the molecule is COc1cnn(C)c1C(O)c1cc(Br)ccc1Cl. The highest BCUT2D eigenvalue weighted by Crippen LogP contribution is 2.34. The minimum absolute atomic E-state index is 0.494. The Morgan fingerprint density at radius 2 is 2.22 bits per heavy atom. The van der Waals surface area contributed by atoms with Crippen molar-refractivity contribution in [2.75, 3.05) is 7.11 Å². The third kappa shape index (κ3) is 2.39. The molecule has 96 valence electrons. The molecular formula is C12H12BrClN2O2. The second-order valence-corrected chi connectivity index (χ2v) is 5.11. The lowest BCUT2D eigenvalue weighted by atomic mass is 10.1. The van der Waals surface area contributed by atoms with E-state index in [9.17, 15) is 5.11 Å². The van der Waals surface area contributed by atoms with Gasteiger partial charge >= 0.3 is 0 Å². The number of ether oxygens (including phenoxy) is 1. The Kier molecular flexibility index (Phi) is 3.94. The maximum absolute atomic E-state index is 10.4. The lowest BCUT2D eigenvalue weighted by Gasteiger charge is -2.15. The number of halogens is 2. The summed E-state index contributed by atoms with van der Waals surface area (Å²) in [7, 11) is 3.28. The monoisotopic (exact) mass is 330 g/mol. The fraction of sp³-hybridized carbons (Fsp3) is 0.250. The van der Waals surface area contributed by atoms with Crippen molar-refractivity contribution in [3.63, 3.8) is 0 Å². The van der Waals surface area contributed by atoms with E-state index >= 15 is 0 Å². The number of nitrogens with zero attached hydrogens (tertiary/aromatic N) is 2. The summed E-state index contributed by atoms with van der Waals surface area (Å²) in [4.78, 5) is 0. The van der Waals surface area contributed by atoms with Crippen molar-refractivity contribution in [1.82, 2.24) is 9.78 Å². The quantitative estimate of drug-likeness (QED) is 0.940. The zero-order chi connectivity index (χ0) is 13.3. The van der Waals surface area contributed by atoms with Crippen LogP contribution >= 0.6 is 27.5 Å². The van der Waals surface area contributed by atoms with Crippen molar-refractivity contribution in [3.8, 4) is 5.75 Å². The largest absolute Gasteiger partial charge is 0.493 e. The molecule has 0 amide bonds. The van der Waals surface area contributed by atoms with Crippen LogP contribution in [0.4, 0.5) is 0 Å². The highest BCUT2D eigenvalue weighted by atomic mass is 79.9. The molecule has 6 heteroatoms. The number of hydrogen-bond acceptors (Lipinski definition) is 3. The van der Waals surface area contributed by atoms with Gasteiger partial charge in [0.25, 0.3) is 0 Å². The highest BCUT2D eigenvalue weighted by molar-refractivity contribution is 9.10. The van der Waals surface area contributed by atoms with Gasteiger partial charge in [0.1, 0.15) is 11.8 Å². The van der Waals surface area contributed by atoms with Gasteiger partial charge in [-0.3, -0.25) is 4.68 Å². The number of aliphatic hydroxyl groups is 1. The van der Waals surface area contributed by atoms with E-state index in [0.717, 1.165) is 4.47 Å². The maximum atomic E-state index is 10.4. The first-order valence-corrected chi connectivity index (χ1v) is 6.40. The molecule has 1 aromatic carbocycles. The van der Waals surface area contributed by atoms with Crippen molar-refractivity contribution < 1.29 is 9.84 Å². The zero-order valence-corrected chi connectivity index (χ0v) is 12.2. The third-order valence-corrected chi connectivity index (χ3v) is 3.52. The van der Waals surface area contributed by atoms with Gasteiger partial charge in [-0.2, -0.15) is 5.10 Å². The van der Waals surface area contributed by atoms with Gasteiger partial charge in [0.05, 0.1) is 13.3 Å². The first-order valence-electron chi connectivity index (χ1n) is 5.23. The van der Waals surface area contributed by atoms with Gasteiger partial charge in [0, 0.05) is 22.1 Å². The van der Waals surface area contributed by atoms with E-state index in [1.807, 2.05) is 6.07 Å². The summed E-state index contributed by atoms with van der Waals surface area (Å²) in [6.45, 7) is 0. The lowest BCUT2D eigenvalue weighted by Crippen LogP contribution is -2.08. The fourth-order valence-corrected chi connectivity index (χ4v) is 2.37. The zero-order valence-electron chi connectivity index (χ0n) is 9.89. The Hall–Kier alpha value is -1.04. The maximum Gasteiger partial charge on any atom is 0.162 e. The van der Waals surface area contributed by atoms with E-state index < -0.39 is 6.10 Å². The molecule has 0 saturated heterocycles. The molecule has 0 saturated carbocycles. The smallest absolute Gasteiger partial charge is 0.162 e. The summed E-state index contributed by atoms with van der Waals surface area (Å²) in [5.74, 6) is 0.529. The normalized spacial score (nSPS) is 12.5. The number of aryl methyl sites for hydroxylation is 1. The number of methoxy groups -OCH3 is 1. The Morgan fingerprint density at radius 3 is 2.89 bits per heavy atom. The van der Waals surface area contributed by atoms with Crippen LogP contribution in [0.1, 0.15) is 17.4 Å². The molecule has 1 N–H and O–H groups in total. The van der Waals surface area contributed by atoms with E-state index in [-0.39, 0.29) is 0 Å². The van der Waals surface area contributed by atoms with Crippen LogP contribution in [0, 0.1) is 0 Å². The standard InChI is InChI=1S/C12H12BrClN2O2/c1-16-11(10(18-2)6-15-16)12(17)8-5-7(13)3-4-9(8)14/h3-6,12,17H,1-2H3. The first-order chi connectivity index (χ1) is 8.54. The molecule has 0 aliphatic rings. The van der Waals surface area contributed by atoms with Gasteiger partial charge in [0.2, 0.25) is 0 Å². The molecule has 0 fully saturated rings. The third-order valence-electron chi connectivity index (χ3n) is 2.68. The number of hydrogen-bond donors (Lipinski definition) is 1. The molecule has 0 aliphatic carbocycles. The molecule has 18 heavy (non-hydrogen) atoms. The van der Waals surface area contributed by atoms with Gasteiger partial charge in [-0.25, -0.2) is 0 Å². The van der Waals surface area contributed by atoms with Gasteiger partial charge < -0.3 is 9.84 Å². The molecule has 2 rings (SSSR count). The van der Waals surface area contributed by atoms with Crippen molar-refractivity contribution in [2.45, 2.75) is 6.10 Å². The van der Waals surface area contributed by atoms with Crippen LogP contribution in [0.2, 0.25) is 5.02 Å². The van der Waals surface area contributed by atoms with Crippen molar-refractivity contribution in [3.05, 3.63) is 45.1 Å². The van der Waals surface area contributed by atoms with Crippen LogP contribution in [0.3, 0.4) is 0 Å². The van der Waals surface area contributed by atoms with Gasteiger partial charge in [-0.15, -0.1) is 0 Å². The molecule has 1 heterocycles. The summed E-state index contributed by atoms with van der Waals surface area (Å²) >= 11 is 9.46. The van der Waals surface area contributed by atoms with Crippen molar-refractivity contribution >= 4 is 27.5 Å². The average molecular weight is 332 g/mol. The second kappa shape index (κ2) is 5.30. The lowest BCUT2D eigenvalue weighted by molar-refractivity contribution is 0.204. The molecular weight excluding hydrogens is 320 g/mol. The summed E-state index contributed by atoms with van der Waals surface area (Å²) in [6, 6.07) is 5.32. The number of benzene rings is 1. The first kappa shape index (κ1) is 13.4. The van der Waals surface area contributed by atoms with Gasteiger partial charge in [0.15, 0.2) is 5.75 Å². The molecule has 0 aliphatic heterocycles. The molecule has 0 spiro atoms. The molecule has 0 radical (unpaired) electrons. The van der Waals surface area contributed by atoms with E-state index in [0.29, 0.717) is 22.0 Å². The average Bonchev–Trinajstić information content (AvgIpc) is 2.72. The number of aliphatic hydroxyl groups excluding tert-OH is 1. The number of rotatable bonds is 3. The summed E-state index contributed by atoms with van der Waals surface area (Å²) < 4.78 is 7.60. The molecule has 0 bridgehead atoms. The molecule has 1 unspecified atom stereocenters. The second-order valence-electron chi connectivity index (χ2n) is 3.79. The summed E-state index contributed by atoms with van der Waals surface area (Å²) in [5, 5.41) is 15.0. The van der Waals surface area contributed by atoms with Gasteiger partial charge in [-0.05, 0) is 18.2 Å². The molecule has 1 atom stereocenters. The summed E-state index contributed by atoms with van der Waals surface area (Å²) in [6.07, 6.45) is 0.669. The minimum Gasteiger partial charge on any atom is -0.493 e. The Morgan fingerprint density at radius 1 is 1.50 bits per heavy atom. The molecule has 4 nitrogen and oxygen atoms in total. The van der Waals surface area contributed by atoms with Crippen molar-refractivity contribution in [1.29, 1.82) is 0 Å². The Labute approximate surface area is 118 Å². The van der Waals surface area contributed by atoms with E-state index in [1.165, 1.54) is 7.11 Å². The van der Waals surface area contributed by atoms with Gasteiger partial charge in [-0.1, -0.05) is 27.5 Å². The molecule has 1 aromatic heterocycles. The predicted octanol–water partition coefficient (Wildman–Crippen LogP) is 2.93. The fourth-order valence-electron chi connectivity index (χ4n) is 1.77. The highest BCUT2D eigenvalue weighted by Gasteiger charge is 2.22. The van der Waals surface area contributed by atoms with Crippen LogP contribution in [-0.2, 0) is 7.05 Å². The Bertz CT molecular complexity index is 571. The van der Waals surface area contributed by atoms with Crippen molar-refractivity contribution in [2.24, 2.45) is 7.05 Å². The van der Waals surface area contributed by atoms with Crippen LogP contribution in [0.15, 0.2) is 28.9 Å². The van der Waals surface area contributed by atoms with Crippen LogP contribution in [-0.4, -0.2) is 22.0 Å².